The van der Waals surface area contributed by atoms with Crippen LogP contribution in [-0.4, -0.2) is 44.6 Å². The number of carbonyl (C=O) groups is 1. The molecule has 0 atom stereocenters. The molecule has 0 spiro atoms. The summed E-state index contributed by atoms with van der Waals surface area (Å²) in [6.07, 6.45) is 3.09. The van der Waals surface area contributed by atoms with Crippen LogP contribution in [0.1, 0.15) is 0 Å². The quantitative estimate of drug-likeness (QED) is 0.520. The first-order chi connectivity index (χ1) is 14.3. The van der Waals surface area contributed by atoms with E-state index in [4.69, 9.17) is 4.74 Å². The van der Waals surface area contributed by atoms with Crippen molar-refractivity contribution in [1.29, 1.82) is 0 Å². The molecule has 1 aliphatic rings. The highest BCUT2D eigenvalue weighted by Crippen LogP contribution is 2.34. The third-order valence-corrected chi connectivity index (χ3v) is 5.73. The van der Waals surface area contributed by atoms with Gasteiger partial charge in [-0.05, 0) is 24.3 Å². The van der Waals surface area contributed by atoms with Crippen LogP contribution in [0.5, 0.6) is 5.88 Å². The number of amides is 1. The van der Waals surface area contributed by atoms with Crippen molar-refractivity contribution in [2.24, 2.45) is 0 Å². The summed E-state index contributed by atoms with van der Waals surface area (Å²) in [5.41, 5.74) is 2.46. The summed E-state index contributed by atoms with van der Waals surface area (Å²) in [6.45, 7) is 0.566. The summed E-state index contributed by atoms with van der Waals surface area (Å²) in [5.74, 6) is 1.12. The van der Waals surface area contributed by atoms with E-state index in [1.54, 1.807) is 27.5 Å². The van der Waals surface area contributed by atoms with Gasteiger partial charge in [-0.3, -0.25) is 4.79 Å². The zero-order chi connectivity index (χ0) is 19.6. The van der Waals surface area contributed by atoms with Crippen LogP contribution >= 0.6 is 11.8 Å². The van der Waals surface area contributed by atoms with Gasteiger partial charge in [0, 0.05) is 17.2 Å². The maximum absolute atomic E-state index is 12.8. The molecule has 0 saturated carbocycles. The third kappa shape index (κ3) is 3.31. The topological polar surface area (TPSA) is 73.1 Å². The van der Waals surface area contributed by atoms with Crippen LogP contribution in [0, 0.1) is 0 Å². The van der Waals surface area contributed by atoms with Gasteiger partial charge in [-0.25, -0.2) is 14.6 Å². The number of fused-ring (bicyclic) bond motifs is 2. The summed E-state index contributed by atoms with van der Waals surface area (Å²) in [5, 5.41) is 5.07. The number of anilines is 1. The van der Waals surface area contributed by atoms with E-state index in [-0.39, 0.29) is 12.5 Å². The molecule has 144 valence electrons. The molecule has 5 rings (SSSR count). The summed E-state index contributed by atoms with van der Waals surface area (Å²) in [4.78, 5) is 24.3. The van der Waals surface area contributed by atoms with Gasteiger partial charge >= 0.3 is 0 Å². The minimum Gasteiger partial charge on any atom is -0.467 e. The van der Waals surface area contributed by atoms with Gasteiger partial charge in [0.05, 0.1) is 17.6 Å². The molecular weight excluding hydrogens is 386 g/mol. The van der Waals surface area contributed by atoms with Crippen molar-refractivity contribution in [3.8, 4) is 11.6 Å². The van der Waals surface area contributed by atoms with Crippen molar-refractivity contribution >= 4 is 34.4 Å². The highest BCUT2D eigenvalue weighted by molar-refractivity contribution is 7.99. The first kappa shape index (κ1) is 17.7. The van der Waals surface area contributed by atoms with Gasteiger partial charge in [0.1, 0.15) is 11.7 Å². The SMILES string of the molecule is O=C(COc1ncnc2c1cnn2-c1ccccc1)N1CCSc2ccccc21. The molecule has 1 aliphatic heterocycles. The van der Waals surface area contributed by atoms with Crippen molar-refractivity contribution in [2.75, 3.05) is 23.8 Å². The standard InChI is InChI=1S/C21H17N5O2S/c27-19(25-10-11-29-18-9-5-4-8-17(18)25)13-28-21-16-12-24-26(20(16)22-14-23-21)15-6-2-1-3-7-15/h1-9,12,14H,10-11,13H2. The van der Waals surface area contributed by atoms with Crippen LogP contribution in [0.3, 0.4) is 0 Å². The number of ether oxygens (including phenoxy) is 1. The molecule has 0 unspecified atom stereocenters. The lowest BCUT2D eigenvalue weighted by molar-refractivity contribution is -0.120. The number of thioether (sulfide) groups is 1. The van der Waals surface area contributed by atoms with Crippen LogP contribution in [0.15, 0.2) is 72.0 Å². The van der Waals surface area contributed by atoms with Gasteiger partial charge in [0.15, 0.2) is 12.3 Å². The largest absolute Gasteiger partial charge is 0.467 e. The summed E-state index contributed by atoms with van der Waals surface area (Å²) in [6, 6.07) is 17.6. The molecule has 0 N–H and O–H groups in total. The Morgan fingerprint density at radius 3 is 2.79 bits per heavy atom. The molecule has 29 heavy (non-hydrogen) atoms. The van der Waals surface area contributed by atoms with Crippen LogP contribution in [0.4, 0.5) is 5.69 Å². The first-order valence-corrected chi connectivity index (χ1v) is 10.2. The first-order valence-electron chi connectivity index (χ1n) is 9.20. The molecule has 0 aliphatic carbocycles. The molecule has 2 aromatic carbocycles. The van der Waals surface area contributed by atoms with E-state index in [1.807, 2.05) is 54.6 Å². The second-order valence-electron chi connectivity index (χ2n) is 6.46. The van der Waals surface area contributed by atoms with Crippen molar-refractivity contribution in [1.82, 2.24) is 19.7 Å². The molecule has 0 radical (unpaired) electrons. The number of carbonyl (C=O) groups excluding carboxylic acids is 1. The fourth-order valence-corrected chi connectivity index (χ4v) is 4.33. The van der Waals surface area contributed by atoms with E-state index in [1.165, 1.54) is 6.33 Å². The van der Waals surface area contributed by atoms with E-state index < -0.39 is 0 Å². The number of aromatic nitrogens is 4. The van der Waals surface area contributed by atoms with E-state index in [0.717, 1.165) is 22.0 Å². The Hall–Kier alpha value is -3.39. The van der Waals surface area contributed by atoms with E-state index in [0.29, 0.717) is 23.5 Å². The average molecular weight is 403 g/mol. The van der Waals surface area contributed by atoms with Gasteiger partial charge in [0.2, 0.25) is 5.88 Å². The van der Waals surface area contributed by atoms with Gasteiger partial charge in [-0.2, -0.15) is 5.10 Å². The van der Waals surface area contributed by atoms with E-state index in [2.05, 4.69) is 15.1 Å². The fourth-order valence-electron chi connectivity index (χ4n) is 3.33. The van der Waals surface area contributed by atoms with Gasteiger partial charge in [0.25, 0.3) is 5.91 Å². The van der Waals surface area contributed by atoms with Crippen molar-refractivity contribution < 1.29 is 9.53 Å². The number of hydrogen-bond donors (Lipinski definition) is 0. The van der Waals surface area contributed by atoms with Crippen LogP contribution in [-0.2, 0) is 4.79 Å². The minimum atomic E-state index is -0.0973. The molecule has 1 amide bonds. The summed E-state index contributed by atoms with van der Waals surface area (Å²) >= 11 is 1.76. The molecule has 8 heteroatoms. The maximum Gasteiger partial charge on any atom is 0.265 e. The maximum atomic E-state index is 12.8. The molecule has 7 nitrogen and oxygen atoms in total. The minimum absolute atomic E-state index is 0.0956. The highest BCUT2D eigenvalue weighted by Gasteiger charge is 2.23. The van der Waals surface area contributed by atoms with Crippen molar-refractivity contribution in [3.63, 3.8) is 0 Å². The van der Waals surface area contributed by atoms with Crippen LogP contribution < -0.4 is 9.64 Å². The lowest BCUT2D eigenvalue weighted by Crippen LogP contribution is -2.38. The molecule has 4 aromatic rings. The van der Waals surface area contributed by atoms with E-state index in [9.17, 15) is 4.79 Å². The summed E-state index contributed by atoms with van der Waals surface area (Å²) < 4.78 is 7.52. The molecule has 0 saturated heterocycles. The molecule has 2 aromatic heterocycles. The molecule has 0 fully saturated rings. The second-order valence-corrected chi connectivity index (χ2v) is 7.60. The van der Waals surface area contributed by atoms with Crippen LogP contribution in [0.2, 0.25) is 0 Å². The molecule has 3 heterocycles. The van der Waals surface area contributed by atoms with Gasteiger partial charge < -0.3 is 9.64 Å². The Morgan fingerprint density at radius 2 is 1.90 bits per heavy atom. The fraction of sp³-hybridized carbons (Fsp3) is 0.143. The zero-order valence-electron chi connectivity index (χ0n) is 15.4. The summed E-state index contributed by atoms with van der Waals surface area (Å²) in [7, 11) is 0. The third-order valence-electron chi connectivity index (χ3n) is 4.69. The average Bonchev–Trinajstić information content (AvgIpc) is 3.22. The number of hydrogen-bond acceptors (Lipinski definition) is 6. The Kier molecular flexibility index (Phi) is 4.61. The molecule has 0 bridgehead atoms. The monoisotopic (exact) mass is 403 g/mol. The number of para-hydroxylation sites is 2. The van der Waals surface area contributed by atoms with Crippen LogP contribution in [0.25, 0.3) is 16.7 Å². The number of nitrogens with zero attached hydrogens (tertiary/aromatic N) is 5. The second kappa shape index (κ2) is 7.56. The predicted molar refractivity (Wildman–Crippen MR) is 112 cm³/mol. The van der Waals surface area contributed by atoms with Gasteiger partial charge in [-0.15, -0.1) is 11.8 Å². The van der Waals surface area contributed by atoms with Gasteiger partial charge in [-0.1, -0.05) is 30.3 Å². The Labute approximate surface area is 171 Å². The lowest BCUT2D eigenvalue weighted by atomic mass is 10.2. The molecular formula is C21H17N5O2S. The Morgan fingerprint density at radius 1 is 1.07 bits per heavy atom. The normalized spacial score (nSPS) is 13.3. The smallest absolute Gasteiger partial charge is 0.265 e. The highest BCUT2D eigenvalue weighted by atomic mass is 32.2. The zero-order valence-corrected chi connectivity index (χ0v) is 16.2. The Balaban J connectivity index is 1.38. The van der Waals surface area contributed by atoms with Crippen molar-refractivity contribution in [3.05, 3.63) is 67.1 Å². The number of rotatable bonds is 4. The predicted octanol–water partition coefficient (Wildman–Crippen LogP) is 3.33. The van der Waals surface area contributed by atoms with Crippen molar-refractivity contribution in [2.45, 2.75) is 4.90 Å². The number of benzene rings is 2. The Bertz CT molecular complexity index is 1180. The lowest BCUT2D eigenvalue weighted by Gasteiger charge is -2.28. The van der Waals surface area contributed by atoms with E-state index >= 15 is 0 Å².